The molecule has 108 valence electrons. The number of thiazole rings is 2. The number of carbonyl (C=O) groups excluding carboxylic acids is 1. The Kier molecular flexibility index (Phi) is 3.88. The summed E-state index contributed by atoms with van der Waals surface area (Å²) in [5.74, 6) is -0.209. The Morgan fingerprint density at radius 3 is 2.62 bits per heavy atom. The maximum absolute atomic E-state index is 12.2. The maximum Gasteiger partial charge on any atom is 0.269 e. The fourth-order valence-corrected chi connectivity index (χ4v) is 3.99. The maximum atomic E-state index is 12.2. The van der Waals surface area contributed by atoms with Crippen LogP contribution in [0.1, 0.15) is 20.4 Å². The van der Waals surface area contributed by atoms with Gasteiger partial charge in [0.2, 0.25) is 0 Å². The number of nitrogens with zero attached hydrogens (tertiary/aromatic N) is 2. The van der Waals surface area contributed by atoms with Gasteiger partial charge in [0, 0.05) is 0 Å². The van der Waals surface area contributed by atoms with Gasteiger partial charge in [0.15, 0.2) is 5.13 Å². The first-order chi connectivity index (χ1) is 9.95. The lowest BCUT2D eigenvalue weighted by Crippen LogP contribution is -2.11. The summed E-state index contributed by atoms with van der Waals surface area (Å²) >= 11 is 14.8. The first-order valence-corrected chi connectivity index (χ1v) is 8.34. The van der Waals surface area contributed by atoms with Gasteiger partial charge >= 0.3 is 0 Å². The zero-order valence-electron chi connectivity index (χ0n) is 11.0. The Morgan fingerprint density at radius 2 is 1.95 bits per heavy atom. The van der Waals surface area contributed by atoms with Crippen LogP contribution in [0.5, 0.6) is 0 Å². The molecule has 0 saturated heterocycles. The van der Waals surface area contributed by atoms with E-state index in [2.05, 4.69) is 15.3 Å². The summed E-state index contributed by atoms with van der Waals surface area (Å²) in [6, 6.07) is 3.55. The number of benzene rings is 1. The quantitative estimate of drug-likeness (QED) is 0.707. The SMILES string of the molecule is Cc1nc(C)c(C(=O)Nc2nc3c(Cl)c(Cl)ccc3s2)s1. The van der Waals surface area contributed by atoms with Crippen molar-refractivity contribution in [1.82, 2.24) is 9.97 Å². The van der Waals surface area contributed by atoms with Crippen molar-refractivity contribution in [2.45, 2.75) is 13.8 Å². The molecule has 1 aromatic carbocycles. The molecule has 1 N–H and O–H groups in total. The third-order valence-electron chi connectivity index (χ3n) is 2.78. The smallest absolute Gasteiger partial charge is 0.269 e. The van der Waals surface area contributed by atoms with Crippen LogP contribution >= 0.6 is 45.9 Å². The molecule has 3 rings (SSSR count). The van der Waals surface area contributed by atoms with Gasteiger partial charge in [0.25, 0.3) is 5.91 Å². The monoisotopic (exact) mass is 357 g/mol. The molecule has 0 fully saturated rings. The summed E-state index contributed by atoms with van der Waals surface area (Å²) in [5.41, 5.74) is 1.32. The van der Waals surface area contributed by atoms with Gasteiger partial charge in [0.1, 0.15) is 10.4 Å². The highest BCUT2D eigenvalue weighted by molar-refractivity contribution is 7.22. The van der Waals surface area contributed by atoms with Crippen LogP contribution in [0.25, 0.3) is 10.2 Å². The standard InChI is InChI=1S/C13H9Cl2N3OS2/c1-5-11(20-6(2)16-5)12(19)18-13-17-10-8(21-13)4-3-7(14)9(10)15/h3-4H,1-2H3,(H,17,18,19). The minimum atomic E-state index is -0.209. The van der Waals surface area contributed by atoms with Crippen molar-refractivity contribution < 1.29 is 4.79 Å². The molecule has 0 aliphatic heterocycles. The van der Waals surface area contributed by atoms with Gasteiger partial charge in [-0.3, -0.25) is 10.1 Å². The second-order valence-electron chi connectivity index (χ2n) is 4.33. The summed E-state index contributed by atoms with van der Waals surface area (Å²) in [5, 5.41) is 4.98. The van der Waals surface area contributed by atoms with Gasteiger partial charge in [0.05, 0.1) is 25.4 Å². The minimum Gasteiger partial charge on any atom is -0.297 e. The van der Waals surface area contributed by atoms with Crippen molar-refractivity contribution >= 4 is 67.1 Å². The topological polar surface area (TPSA) is 54.9 Å². The number of aryl methyl sites for hydroxylation is 2. The van der Waals surface area contributed by atoms with E-state index in [1.165, 1.54) is 22.7 Å². The summed E-state index contributed by atoms with van der Waals surface area (Å²) in [6.07, 6.45) is 0. The first-order valence-electron chi connectivity index (χ1n) is 5.95. The molecule has 2 aromatic heterocycles. The fourth-order valence-electron chi connectivity index (χ4n) is 1.89. The third-order valence-corrected chi connectivity index (χ3v) is 5.58. The highest BCUT2D eigenvalue weighted by Crippen LogP contribution is 2.35. The number of fused-ring (bicyclic) bond motifs is 1. The molecule has 0 aliphatic rings. The lowest BCUT2D eigenvalue weighted by Gasteiger charge is -1.98. The first kappa shape index (κ1) is 14.7. The summed E-state index contributed by atoms with van der Waals surface area (Å²) in [7, 11) is 0. The second kappa shape index (κ2) is 5.53. The molecular formula is C13H9Cl2N3OS2. The molecule has 8 heteroatoms. The number of nitrogens with one attached hydrogen (secondary N) is 1. The van der Waals surface area contributed by atoms with Gasteiger partial charge in [-0.05, 0) is 26.0 Å². The number of rotatable bonds is 2. The predicted molar refractivity (Wildman–Crippen MR) is 89.2 cm³/mol. The lowest BCUT2D eigenvalue weighted by atomic mass is 10.3. The average molecular weight is 358 g/mol. The zero-order chi connectivity index (χ0) is 15.1. The van der Waals surface area contributed by atoms with Gasteiger partial charge < -0.3 is 0 Å². The van der Waals surface area contributed by atoms with E-state index in [1.807, 2.05) is 19.9 Å². The van der Waals surface area contributed by atoms with E-state index >= 15 is 0 Å². The Labute approximate surface area is 138 Å². The van der Waals surface area contributed by atoms with Crippen LogP contribution in [0.15, 0.2) is 12.1 Å². The molecular weight excluding hydrogens is 349 g/mol. The van der Waals surface area contributed by atoms with Crippen LogP contribution in [0.3, 0.4) is 0 Å². The normalized spacial score (nSPS) is 11.0. The molecule has 1 amide bonds. The molecule has 4 nitrogen and oxygen atoms in total. The highest BCUT2D eigenvalue weighted by atomic mass is 35.5. The number of hydrogen-bond acceptors (Lipinski definition) is 5. The van der Waals surface area contributed by atoms with Gasteiger partial charge in [-0.2, -0.15) is 0 Å². The Bertz CT molecular complexity index is 857. The molecule has 21 heavy (non-hydrogen) atoms. The third kappa shape index (κ3) is 2.76. The lowest BCUT2D eigenvalue weighted by molar-refractivity contribution is 0.103. The van der Waals surface area contributed by atoms with E-state index < -0.39 is 0 Å². The number of carbonyl (C=O) groups is 1. The minimum absolute atomic E-state index is 0.209. The van der Waals surface area contributed by atoms with Gasteiger partial charge in [-0.15, -0.1) is 11.3 Å². The Balaban J connectivity index is 1.93. The average Bonchev–Trinajstić information content (AvgIpc) is 2.97. The Hall–Kier alpha value is -1.21. The molecule has 0 radical (unpaired) electrons. The zero-order valence-corrected chi connectivity index (χ0v) is 14.2. The van der Waals surface area contributed by atoms with Crippen molar-refractivity contribution in [2.24, 2.45) is 0 Å². The molecule has 0 bridgehead atoms. The van der Waals surface area contributed by atoms with E-state index in [-0.39, 0.29) is 5.91 Å². The second-order valence-corrected chi connectivity index (χ2v) is 7.35. The molecule has 0 aliphatic carbocycles. The molecule has 3 aromatic rings. The molecule has 0 saturated carbocycles. The van der Waals surface area contributed by atoms with Crippen LogP contribution in [0.4, 0.5) is 5.13 Å². The van der Waals surface area contributed by atoms with Crippen molar-refractivity contribution in [3.05, 3.63) is 37.8 Å². The number of aromatic nitrogens is 2. The van der Waals surface area contributed by atoms with Crippen LogP contribution in [-0.2, 0) is 0 Å². The molecule has 0 unspecified atom stereocenters. The van der Waals surface area contributed by atoms with Crippen molar-refractivity contribution in [3.8, 4) is 0 Å². The van der Waals surface area contributed by atoms with E-state index in [0.29, 0.717) is 25.6 Å². The van der Waals surface area contributed by atoms with Crippen LogP contribution in [-0.4, -0.2) is 15.9 Å². The summed E-state index contributed by atoms with van der Waals surface area (Å²) in [4.78, 5) is 21.4. The van der Waals surface area contributed by atoms with E-state index in [4.69, 9.17) is 23.2 Å². The summed E-state index contributed by atoms with van der Waals surface area (Å²) in [6.45, 7) is 3.68. The van der Waals surface area contributed by atoms with Gasteiger partial charge in [-0.1, -0.05) is 34.5 Å². The number of hydrogen-bond donors (Lipinski definition) is 1. The molecule has 0 spiro atoms. The summed E-state index contributed by atoms with van der Waals surface area (Å²) < 4.78 is 0.872. The number of anilines is 1. The number of halogens is 2. The largest absolute Gasteiger partial charge is 0.297 e. The van der Waals surface area contributed by atoms with Crippen LogP contribution in [0, 0.1) is 13.8 Å². The molecule has 2 heterocycles. The highest BCUT2D eigenvalue weighted by Gasteiger charge is 2.17. The van der Waals surface area contributed by atoms with E-state index in [1.54, 1.807) is 6.07 Å². The fraction of sp³-hybridized carbons (Fsp3) is 0.154. The van der Waals surface area contributed by atoms with Crippen LogP contribution < -0.4 is 5.32 Å². The van der Waals surface area contributed by atoms with Crippen molar-refractivity contribution in [3.63, 3.8) is 0 Å². The van der Waals surface area contributed by atoms with Crippen molar-refractivity contribution in [2.75, 3.05) is 5.32 Å². The Morgan fingerprint density at radius 1 is 1.19 bits per heavy atom. The molecule has 0 atom stereocenters. The van der Waals surface area contributed by atoms with E-state index in [0.717, 1.165) is 15.4 Å². The predicted octanol–water partition coefficient (Wildman–Crippen LogP) is 4.93. The van der Waals surface area contributed by atoms with E-state index in [9.17, 15) is 4.79 Å². The van der Waals surface area contributed by atoms with Crippen molar-refractivity contribution in [1.29, 1.82) is 0 Å². The van der Waals surface area contributed by atoms with Gasteiger partial charge in [-0.25, -0.2) is 9.97 Å². The number of amides is 1. The van der Waals surface area contributed by atoms with Crippen LogP contribution in [0.2, 0.25) is 10.0 Å².